The molecule has 0 bridgehead atoms. The minimum Gasteiger partial charge on any atom is -0.493 e. The number of aromatic nitrogens is 1. The summed E-state index contributed by atoms with van der Waals surface area (Å²) in [4.78, 5) is 26.2. The van der Waals surface area contributed by atoms with E-state index in [-0.39, 0.29) is 22.3 Å². The Labute approximate surface area is 241 Å². The number of likely N-dealkylation sites (tertiary alicyclic amines) is 1. The SMILES string of the molecule is CCS(=O)(=O)c1ccc(Oc2ccc(OCC3CCN(C(=O)OC(C)(C)C)CC3)cc2)c(-c2ccc(=O)n(C)c2)c1. The Morgan fingerprint density at radius 3 is 2.24 bits per heavy atom. The first-order valence-electron chi connectivity index (χ1n) is 13.8. The van der Waals surface area contributed by atoms with Gasteiger partial charge in [0.15, 0.2) is 9.84 Å². The van der Waals surface area contributed by atoms with Crippen molar-refractivity contribution in [1.82, 2.24) is 9.47 Å². The first-order valence-corrected chi connectivity index (χ1v) is 15.4. The predicted octanol–water partition coefficient (Wildman–Crippen LogP) is 5.66. The molecular formula is C31H38N2O7S. The minimum atomic E-state index is -3.44. The summed E-state index contributed by atoms with van der Waals surface area (Å²) < 4.78 is 44.2. The van der Waals surface area contributed by atoms with Gasteiger partial charge in [-0.1, -0.05) is 6.92 Å². The molecule has 3 aromatic rings. The van der Waals surface area contributed by atoms with E-state index < -0.39 is 15.4 Å². The van der Waals surface area contributed by atoms with Crippen molar-refractivity contribution in [2.75, 3.05) is 25.4 Å². The number of carbonyl (C=O) groups excluding carboxylic acids is 1. The van der Waals surface area contributed by atoms with E-state index in [4.69, 9.17) is 14.2 Å². The Morgan fingerprint density at radius 1 is 0.976 bits per heavy atom. The van der Waals surface area contributed by atoms with Gasteiger partial charge in [0.1, 0.15) is 22.8 Å². The van der Waals surface area contributed by atoms with Crippen LogP contribution >= 0.6 is 0 Å². The second-order valence-corrected chi connectivity index (χ2v) is 13.5. The van der Waals surface area contributed by atoms with Crippen LogP contribution in [0.1, 0.15) is 40.5 Å². The van der Waals surface area contributed by atoms with Crippen LogP contribution in [-0.2, 0) is 21.6 Å². The molecule has 4 rings (SSSR count). The van der Waals surface area contributed by atoms with E-state index in [2.05, 4.69) is 0 Å². The molecule has 2 heterocycles. The Bertz CT molecular complexity index is 1530. The summed E-state index contributed by atoms with van der Waals surface area (Å²) in [6.45, 7) is 9.03. The molecule has 0 atom stereocenters. The molecule has 10 heteroatoms. The van der Waals surface area contributed by atoms with Gasteiger partial charge in [0.05, 0.1) is 17.3 Å². The number of hydrogen-bond donors (Lipinski definition) is 0. The van der Waals surface area contributed by atoms with Gasteiger partial charge in [-0.05, 0) is 88.1 Å². The third kappa shape index (κ3) is 7.91. The summed E-state index contributed by atoms with van der Waals surface area (Å²) in [5, 5.41) is 0. The number of sulfone groups is 1. The van der Waals surface area contributed by atoms with Crippen LogP contribution in [0.4, 0.5) is 4.79 Å². The molecule has 0 spiro atoms. The van der Waals surface area contributed by atoms with Gasteiger partial charge in [0.2, 0.25) is 5.56 Å². The summed E-state index contributed by atoms with van der Waals surface area (Å²) in [5.41, 5.74) is 0.550. The van der Waals surface area contributed by atoms with Crippen LogP contribution in [0.2, 0.25) is 0 Å². The highest BCUT2D eigenvalue weighted by Gasteiger charge is 2.27. The smallest absolute Gasteiger partial charge is 0.410 e. The van der Waals surface area contributed by atoms with Gasteiger partial charge in [0.25, 0.3) is 0 Å². The van der Waals surface area contributed by atoms with Crippen LogP contribution in [0.3, 0.4) is 0 Å². The molecule has 1 aliphatic rings. The fourth-order valence-electron chi connectivity index (χ4n) is 4.49. The van der Waals surface area contributed by atoms with Crippen molar-refractivity contribution in [1.29, 1.82) is 0 Å². The average molecular weight is 583 g/mol. The van der Waals surface area contributed by atoms with Crippen molar-refractivity contribution >= 4 is 15.9 Å². The minimum absolute atomic E-state index is 0.0236. The molecule has 9 nitrogen and oxygen atoms in total. The fourth-order valence-corrected chi connectivity index (χ4v) is 5.40. The van der Waals surface area contributed by atoms with Gasteiger partial charge in [-0.2, -0.15) is 0 Å². The number of benzene rings is 2. The van der Waals surface area contributed by atoms with Crippen LogP contribution in [0.5, 0.6) is 17.2 Å². The molecule has 0 aliphatic carbocycles. The standard InChI is InChI=1S/C31H38N2O7S/c1-6-41(36,37)26-12-13-28(27(19-26)23-7-14-29(34)32(5)20-23)39-25-10-8-24(9-11-25)38-21-22-15-17-33(18-16-22)30(35)40-31(2,3)4/h7-14,19-20,22H,6,15-18,21H2,1-5H3. The van der Waals surface area contributed by atoms with E-state index >= 15 is 0 Å². The second-order valence-electron chi connectivity index (χ2n) is 11.2. The summed E-state index contributed by atoms with van der Waals surface area (Å²) in [7, 11) is -1.80. The zero-order chi connectivity index (χ0) is 29.8. The maximum Gasteiger partial charge on any atom is 0.410 e. The van der Waals surface area contributed by atoms with Gasteiger partial charge in [-0.25, -0.2) is 13.2 Å². The summed E-state index contributed by atoms with van der Waals surface area (Å²) in [6, 6.07) is 15.1. The molecule has 0 N–H and O–H groups in total. The van der Waals surface area contributed by atoms with E-state index in [1.165, 1.54) is 16.7 Å². The van der Waals surface area contributed by atoms with E-state index in [1.807, 2.05) is 32.9 Å². The quantitative estimate of drug-likeness (QED) is 0.337. The maximum atomic E-state index is 12.6. The number of amides is 1. The predicted molar refractivity (Wildman–Crippen MR) is 157 cm³/mol. The monoisotopic (exact) mass is 582 g/mol. The molecular weight excluding hydrogens is 544 g/mol. The van der Waals surface area contributed by atoms with Gasteiger partial charge >= 0.3 is 6.09 Å². The molecule has 41 heavy (non-hydrogen) atoms. The topological polar surface area (TPSA) is 104 Å². The van der Waals surface area contributed by atoms with Crippen LogP contribution in [0.25, 0.3) is 11.1 Å². The number of ether oxygens (including phenoxy) is 3. The lowest BCUT2D eigenvalue weighted by atomic mass is 9.98. The average Bonchev–Trinajstić information content (AvgIpc) is 2.93. The molecule has 1 aromatic heterocycles. The third-order valence-electron chi connectivity index (χ3n) is 6.89. The zero-order valence-electron chi connectivity index (χ0n) is 24.3. The van der Waals surface area contributed by atoms with Gasteiger partial charge in [0, 0.05) is 43.5 Å². The normalized spacial score (nSPS) is 14.5. The lowest BCUT2D eigenvalue weighted by Gasteiger charge is -2.33. The van der Waals surface area contributed by atoms with Crippen molar-refractivity contribution in [2.45, 2.75) is 51.0 Å². The highest BCUT2D eigenvalue weighted by atomic mass is 32.2. The lowest BCUT2D eigenvalue weighted by molar-refractivity contribution is 0.0165. The van der Waals surface area contributed by atoms with E-state index in [1.54, 1.807) is 55.4 Å². The molecule has 1 aliphatic heterocycles. The van der Waals surface area contributed by atoms with Crippen molar-refractivity contribution in [3.8, 4) is 28.4 Å². The van der Waals surface area contributed by atoms with Crippen molar-refractivity contribution in [2.24, 2.45) is 13.0 Å². The first-order chi connectivity index (χ1) is 19.3. The highest BCUT2D eigenvalue weighted by Crippen LogP contribution is 2.36. The Morgan fingerprint density at radius 2 is 1.63 bits per heavy atom. The summed E-state index contributed by atoms with van der Waals surface area (Å²) in [5.74, 6) is 2.04. The van der Waals surface area contributed by atoms with Gasteiger partial charge in [-0.15, -0.1) is 0 Å². The Kier molecular flexibility index (Phi) is 9.11. The van der Waals surface area contributed by atoms with Crippen molar-refractivity contribution in [3.63, 3.8) is 0 Å². The molecule has 1 amide bonds. The molecule has 220 valence electrons. The number of pyridine rings is 1. The number of hydrogen-bond acceptors (Lipinski definition) is 7. The molecule has 1 fully saturated rings. The highest BCUT2D eigenvalue weighted by molar-refractivity contribution is 7.91. The number of carbonyl (C=O) groups is 1. The van der Waals surface area contributed by atoms with Crippen LogP contribution in [0.15, 0.2) is 70.5 Å². The van der Waals surface area contributed by atoms with Crippen molar-refractivity contribution in [3.05, 3.63) is 71.1 Å². The zero-order valence-corrected chi connectivity index (χ0v) is 25.1. The van der Waals surface area contributed by atoms with Crippen LogP contribution in [-0.4, -0.2) is 55.0 Å². The van der Waals surface area contributed by atoms with Gasteiger partial charge in [-0.3, -0.25) is 4.79 Å². The van der Waals surface area contributed by atoms with Crippen molar-refractivity contribution < 1.29 is 27.4 Å². The van der Waals surface area contributed by atoms with Gasteiger partial charge < -0.3 is 23.7 Å². The van der Waals surface area contributed by atoms with E-state index in [0.717, 1.165) is 12.8 Å². The summed E-state index contributed by atoms with van der Waals surface area (Å²) in [6.07, 6.45) is 3.08. The second kappa shape index (κ2) is 12.4. The van der Waals surface area contributed by atoms with Crippen LogP contribution in [0, 0.1) is 5.92 Å². The Balaban J connectivity index is 1.41. The largest absolute Gasteiger partial charge is 0.493 e. The van der Waals surface area contributed by atoms with E-state index in [0.29, 0.717) is 54.0 Å². The fraction of sp³-hybridized carbons (Fsp3) is 0.419. The summed E-state index contributed by atoms with van der Waals surface area (Å²) >= 11 is 0. The molecule has 2 aromatic carbocycles. The number of piperidine rings is 1. The molecule has 0 radical (unpaired) electrons. The molecule has 1 saturated heterocycles. The Hall–Kier alpha value is -3.79. The molecule has 0 saturated carbocycles. The van der Waals surface area contributed by atoms with E-state index in [9.17, 15) is 18.0 Å². The maximum absolute atomic E-state index is 12.6. The number of nitrogens with zero attached hydrogens (tertiary/aromatic N) is 2. The first kappa shape index (κ1) is 30.2. The number of aryl methyl sites for hydroxylation is 1. The van der Waals surface area contributed by atoms with Crippen LogP contribution < -0.4 is 15.0 Å². The lowest BCUT2D eigenvalue weighted by Crippen LogP contribution is -2.42. The third-order valence-corrected chi connectivity index (χ3v) is 8.62. The molecule has 0 unspecified atom stereocenters. The number of rotatable bonds is 8.